The minimum atomic E-state index is -1.28. The molecule has 2 nitrogen and oxygen atoms in total. The van der Waals surface area contributed by atoms with Crippen molar-refractivity contribution in [1.29, 1.82) is 0 Å². The Bertz CT molecular complexity index is 473. The van der Waals surface area contributed by atoms with Gasteiger partial charge in [-0.2, -0.15) is 0 Å². The van der Waals surface area contributed by atoms with E-state index in [4.69, 9.17) is 5.11 Å². The Hall–Kier alpha value is -1.82. The van der Waals surface area contributed by atoms with Gasteiger partial charge in [-0.1, -0.05) is 17.9 Å². The molecule has 0 aliphatic carbocycles. The third-order valence-corrected chi connectivity index (χ3v) is 1.80. The maximum atomic E-state index is 13.6. The lowest BCUT2D eigenvalue weighted by atomic mass is 9.97. The predicted molar refractivity (Wildman–Crippen MR) is 59.7 cm³/mol. The summed E-state index contributed by atoms with van der Waals surface area (Å²) in [6, 6.07) is 4.18. The summed E-state index contributed by atoms with van der Waals surface area (Å²) in [6.07, 6.45) is 0. The highest BCUT2D eigenvalue weighted by atomic mass is 19.1. The quantitative estimate of drug-likeness (QED) is 0.739. The van der Waals surface area contributed by atoms with Crippen molar-refractivity contribution in [3.63, 3.8) is 0 Å². The summed E-state index contributed by atoms with van der Waals surface area (Å²) < 4.78 is 13.6. The van der Waals surface area contributed by atoms with Crippen LogP contribution < -0.4 is 0 Å². The summed E-state index contributed by atoms with van der Waals surface area (Å²) in [4.78, 5) is 10.7. The molecule has 0 unspecified atom stereocenters. The molecule has 1 aromatic carbocycles. The van der Waals surface area contributed by atoms with Gasteiger partial charge in [0, 0.05) is 5.41 Å². The molecule has 0 amide bonds. The Morgan fingerprint density at radius 2 is 2.00 bits per heavy atom. The van der Waals surface area contributed by atoms with E-state index in [9.17, 15) is 9.18 Å². The van der Waals surface area contributed by atoms with Crippen molar-refractivity contribution in [2.45, 2.75) is 20.8 Å². The second kappa shape index (κ2) is 4.36. The lowest BCUT2D eigenvalue weighted by Crippen LogP contribution is -2.03. The van der Waals surface area contributed by atoms with Gasteiger partial charge < -0.3 is 5.11 Å². The molecule has 1 N–H and O–H groups in total. The molecule has 1 aromatic rings. The number of hydrogen-bond acceptors (Lipinski definition) is 1. The summed E-state index contributed by atoms with van der Waals surface area (Å²) in [5.41, 5.74) is -0.471. The lowest BCUT2D eigenvalue weighted by Gasteiger charge is -2.07. The van der Waals surface area contributed by atoms with E-state index >= 15 is 0 Å². The molecular weight excluding hydrogens is 207 g/mol. The fourth-order valence-corrected chi connectivity index (χ4v) is 1.05. The zero-order chi connectivity index (χ0) is 12.3. The van der Waals surface area contributed by atoms with Crippen molar-refractivity contribution in [3.05, 3.63) is 35.1 Å². The highest BCUT2D eigenvalue weighted by Gasteiger charge is 2.12. The molecule has 0 saturated carbocycles. The minimum Gasteiger partial charge on any atom is -0.478 e. The smallest absolute Gasteiger partial charge is 0.338 e. The minimum absolute atomic E-state index is 0.120. The van der Waals surface area contributed by atoms with Gasteiger partial charge in [0.2, 0.25) is 0 Å². The number of halogens is 1. The van der Waals surface area contributed by atoms with Crippen LogP contribution in [-0.2, 0) is 0 Å². The van der Waals surface area contributed by atoms with Gasteiger partial charge in [0.05, 0.1) is 11.1 Å². The van der Waals surface area contributed by atoms with Gasteiger partial charge >= 0.3 is 5.97 Å². The first-order valence-electron chi connectivity index (χ1n) is 4.86. The van der Waals surface area contributed by atoms with Crippen LogP contribution in [0.3, 0.4) is 0 Å². The molecule has 0 fully saturated rings. The van der Waals surface area contributed by atoms with Gasteiger partial charge in [-0.25, -0.2) is 9.18 Å². The molecule has 1 rings (SSSR count). The zero-order valence-corrected chi connectivity index (χ0v) is 9.47. The van der Waals surface area contributed by atoms with E-state index < -0.39 is 11.8 Å². The third-order valence-electron chi connectivity index (χ3n) is 1.80. The molecule has 0 atom stereocenters. The maximum absolute atomic E-state index is 13.6. The van der Waals surface area contributed by atoms with Crippen molar-refractivity contribution < 1.29 is 14.3 Å². The van der Waals surface area contributed by atoms with E-state index in [-0.39, 0.29) is 16.5 Å². The molecule has 0 aliphatic rings. The second-order valence-electron chi connectivity index (χ2n) is 4.47. The number of carbonyl (C=O) groups is 1. The Morgan fingerprint density at radius 1 is 1.38 bits per heavy atom. The second-order valence-corrected chi connectivity index (χ2v) is 4.47. The highest BCUT2D eigenvalue weighted by molar-refractivity contribution is 5.88. The van der Waals surface area contributed by atoms with E-state index in [1.165, 1.54) is 18.2 Å². The van der Waals surface area contributed by atoms with Gasteiger partial charge in [0.25, 0.3) is 0 Å². The molecule has 0 heterocycles. The first-order chi connectivity index (χ1) is 7.31. The number of hydrogen-bond donors (Lipinski definition) is 1. The van der Waals surface area contributed by atoms with E-state index in [1.54, 1.807) is 0 Å². The van der Waals surface area contributed by atoms with Crippen molar-refractivity contribution >= 4 is 5.97 Å². The number of benzene rings is 1. The van der Waals surface area contributed by atoms with Crippen LogP contribution >= 0.6 is 0 Å². The highest BCUT2D eigenvalue weighted by Crippen LogP contribution is 2.14. The van der Waals surface area contributed by atoms with Gasteiger partial charge in [0.1, 0.15) is 0 Å². The van der Waals surface area contributed by atoms with Crippen LogP contribution in [0.15, 0.2) is 18.2 Å². The summed E-state index contributed by atoms with van der Waals surface area (Å²) in [5, 5.41) is 8.73. The topological polar surface area (TPSA) is 37.3 Å². The average Bonchev–Trinajstić information content (AvgIpc) is 2.14. The van der Waals surface area contributed by atoms with Crippen molar-refractivity contribution in [2.75, 3.05) is 0 Å². The average molecular weight is 220 g/mol. The maximum Gasteiger partial charge on any atom is 0.338 e. The molecule has 0 aliphatic heterocycles. The SMILES string of the molecule is CC(C)(C)C#Cc1cccc(C(=O)O)c1F. The normalized spacial score (nSPS) is 10.5. The van der Waals surface area contributed by atoms with E-state index in [2.05, 4.69) is 11.8 Å². The molecule has 3 heteroatoms. The first-order valence-corrected chi connectivity index (χ1v) is 4.86. The van der Waals surface area contributed by atoms with Gasteiger partial charge in [-0.05, 0) is 32.9 Å². The van der Waals surface area contributed by atoms with Gasteiger partial charge in [-0.15, -0.1) is 0 Å². The number of aromatic carboxylic acids is 1. The summed E-state index contributed by atoms with van der Waals surface area (Å²) in [5.74, 6) is 3.47. The van der Waals surface area contributed by atoms with Crippen molar-refractivity contribution in [2.24, 2.45) is 5.41 Å². The molecule has 0 spiro atoms. The van der Waals surface area contributed by atoms with E-state index in [0.29, 0.717) is 0 Å². The van der Waals surface area contributed by atoms with Crippen LogP contribution in [-0.4, -0.2) is 11.1 Å². The fourth-order valence-electron chi connectivity index (χ4n) is 1.05. The van der Waals surface area contributed by atoms with Crippen LogP contribution in [0.2, 0.25) is 0 Å². The van der Waals surface area contributed by atoms with Crippen LogP contribution in [0.5, 0.6) is 0 Å². The van der Waals surface area contributed by atoms with E-state index in [1.807, 2.05) is 20.8 Å². The van der Waals surface area contributed by atoms with Crippen LogP contribution in [0.25, 0.3) is 0 Å². The fraction of sp³-hybridized carbons (Fsp3) is 0.308. The molecular formula is C13H13FO2. The monoisotopic (exact) mass is 220 g/mol. The predicted octanol–water partition coefficient (Wildman–Crippen LogP) is 2.92. The molecule has 0 bridgehead atoms. The Balaban J connectivity index is 3.20. The Labute approximate surface area is 94.1 Å². The Morgan fingerprint density at radius 3 is 2.50 bits per heavy atom. The summed E-state index contributed by atoms with van der Waals surface area (Å²) >= 11 is 0. The molecule has 16 heavy (non-hydrogen) atoms. The number of carboxylic acids is 1. The molecule has 0 aromatic heterocycles. The largest absolute Gasteiger partial charge is 0.478 e. The summed E-state index contributed by atoms with van der Waals surface area (Å²) in [7, 11) is 0. The summed E-state index contributed by atoms with van der Waals surface area (Å²) in [6.45, 7) is 5.71. The lowest BCUT2D eigenvalue weighted by molar-refractivity contribution is 0.0692. The van der Waals surface area contributed by atoms with Gasteiger partial charge in [0.15, 0.2) is 5.82 Å². The standard InChI is InChI=1S/C13H13FO2/c1-13(2,3)8-7-9-5-4-6-10(11(9)14)12(15)16/h4-6H,1-3H3,(H,15,16). The molecule has 0 saturated heterocycles. The van der Waals surface area contributed by atoms with Crippen molar-refractivity contribution in [3.8, 4) is 11.8 Å². The van der Waals surface area contributed by atoms with Crippen LogP contribution in [0.1, 0.15) is 36.7 Å². The van der Waals surface area contributed by atoms with Crippen LogP contribution in [0, 0.1) is 23.1 Å². The molecule has 0 radical (unpaired) electrons. The number of rotatable bonds is 1. The Kier molecular flexibility index (Phi) is 3.34. The molecule has 84 valence electrons. The van der Waals surface area contributed by atoms with E-state index in [0.717, 1.165) is 0 Å². The van der Waals surface area contributed by atoms with Crippen molar-refractivity contribution in [1.82, 2.24) is 0 Å². The third kappa shape index (κ3) is 3.09. The van der Waals surface area contributed by atoms with Crippen LogP contribution in [0.4, 0.5) is 4.39 Å². The number of carboxylic acid groups (broad SMARTS) is 1. The zero-order valence-electron chi connectivity index (χ0n) is 9.47. The first kappa shape index (κ1) is 12.3. The van der Waals surface area contributed by atoms with Gasteiger partial charge in [-0.3, -0.25) is 0 Å².